The molecule has 0 aliphatic carbocycles. The third-order valence-corrected chi connectivity index (χ3v) is 6.43. The van der Waals surface area contributed by atoms with Crippen molar-refractivity contribution in [2.75, 3.05) is 25.1 Å². The molecule has 1 fully saturated rings. The van der Waals surface area contributed by atoms with E-state index < -0.39 is 0 Å². The average molecular weight is 474 g/mol. The molecule has 5 heterocycles. The minimum atomic E-state index is -0.161. The van der Waals surface area contributed by atoms with Gasteiger partial charge in [0.25, 0.3) is 5.56 Å². The highest BCUT2D eigenvalue weighted by Crippen LogP contribution is 2.23. The highest BCUT2D eigenvalue weighted by atomic mass is 16.5. The smallest absolute Gasteiger partial charge is 0.278 e. The van der Waals surface area contributed by atoms with E-state index in [2.05, 4.69) is 32.7 Å². The number of nitrogens with zero attached hydrogens (tertiary/aromatic N) is 5. The summed E-state index contributed by atoms with van der Waals surface area (Å²) in [4.78, 5) is 26.9. The van der Waals surface area contributed by atoms with Crippen molar-refractivity contribution < 1.29 is 9.47 Å². The molecular formula is C25H27N7O3. The van der Waals surface area contributed by atoms with Crippen LogP contribution in [0.15, 0.2) is 47.4 Å². The van der Waals surface area contributed by atoms with E-state index in [1.54, 1.807) is 15.6 Å². The van der Waals surface area contributed by atoms with Gasteiger partial charge in [-0.25, -0.2) is 14.3 Å². The van der Waals surface area contributed by atoms with Crippen LogP contribution in [0.5, 0.6) is 5.88 Å². The Bertz CT molecular complexity index is 1440. The van der Waals surface area contributed by atoms with Crippen LogP contribution in [0.2, 0.25) is 0 Å². The summed E-state index contributed by atoms with van der Waals surface area (Å²) in [6, 6.07) is 11.8. The number of aromatic nitrogens is 5. The van der Waals surface area contributed by atoms with Gasteiger partial charge in [0.15, 0.2) is 11.5 Å². The van der Waals surface area contributed by atoms with Gasteiger partial charge < -0.3 is 20.1 Å². The van der Waals surface area contributed by atoms with Gasteiger partial charge in [-0.15, -0.1) is 0 Å². The second-order valence-electron chi connectivity index (χ2n) is 8.74. The van der Waals surface area contributed by atoms with Gasteiger partial charge in [0.1, 0.15) is 11.5 Å². The largest absolute Gasteiger partial charge is 0.472 e. The Morgan fingerprint density at radius 2 is 2.17 bits per heavy atom. The Morgan fingerprint density at radius 1 is 1.23 bits per heavy atom. The average Bonchev–Trinajstić information content (AvgIpc) is 3.49. The first-order chi connectivity index (χ1) is 17.2. The monoisotopic (exact) mass is 473 g/mol. The Labute approximate surface area is 201 Å². The third-order valence-electron chi connectivity index (χ3n) is 6.43. The number of pyridine rings is 1. The molecule has 10 heteroatoms. The predicted octanol–water partition coefficient (Wildman–Crippen LogP) is 2.55. The lowest BCUT2D eigenvalue weighted by Crippen LogP contribution is -2.23. The lowest BCUT2D eigenvalue weighted by molar-refractivity contribution is 0.138. The van der Waals surface area contributed by atoms with Gasteiger partial charge in [-0.2, -0.15) is 9.97 Å². The van der Waals surface area contributed by atoms with Crippen LogP contribution in [0.3, 0.4) is 0 Å². The zero-order chi connectivity index (χ0) is 23.8. The van der Waals surface area contributed by atoms with Crippen molar-refractivity contribution in [3.63, 3.8) is 0 Å². The van der Waals surface area contributed by atoms with Crippen LogP contribution in [-0.2, 0) is 24.2 Å². The van der Waals surface area contributed by atoms with Crippen molar-refractivity contribution in [1.82, 2.24) is 29.6 Å². The highest BCUT2D eigenvalue weighted by Gasteiger charge is 2.20. The minimum Gasteiger partial charge on any atom is -0.472 e. The van der Waals surface area contributed by atoms with Crippen molar-refractivity contribution in [3.8, 4) is 11.7 Å². The Kier molecular flexibility index (Phi) is 5.67. The molecule has 0 bridgehead atoms. The number of nitrogens with one attached hydrogen (secondary N) is 2. The Balaban J connectivity index is 1.38. The highest BCUT2D eigenvalue weighted by molar-refractivity contribution is 5.77. The molecule has 0 saturated carbocycles. The zero-order valence-electron chi connectivity index (χ0n) is 19.5. The van der Waals surface area contributed by atoms with Crippen molar-refractivity contribution >= 4 is 22.7 Å². The summed E-state index contributed by atoms with van der Waals surface area (Å²) in [5, 5.41) is 7.13. The van der Waals surface area contributed by atoms with Gasteiger partial charge in [0.05, 0.1) is 13.2 Å². The second kappa shape index (κ2) is 9.12. The fraction of sp³-hybridized carbons (Fsp3) is 0.360. The third kappa shape index (κ3) is 4.15. The molecule has 4 aromatic rings. The fourth-order valence-electron chi connectivity index (χ4n) is 4.66. The zero-order valence-corrected chi connectivity index (χ0v) is 19.5. The lowest BCUT2D eigenvalue weighted by atomic mass is 10.0. The molecule has 0 spiro atoms. The van der Waals surface area contributed by atoms with Gasteiger partial charge in [0, 0.05) is 37.5 Å². The summed E-state index contributed by atoms with van der Waals surface area (Å²) < 4.78 is 14.7. The van der Waals surface area contributed by atoms with E-state index in [-0.39, 0.29) is 11.7 Å². The van der Waals surface area contributed by atoms with E-state index in [1.807, 2.05) is 31.2 Å². The standard InChI is InChI=1S/C25H27N7O3/c1-2-31-24(33)20-14-27-25(28-18-7-6-16-8-10-26-13-17(16)12-18)30-23(20)32(31)21-4-3-5-22(29-21)35-19-9-11-34-15-19/h3-7,12,14,19,26H,2,8-11,13,15H2,1H3,(H,27,28,30). The number of ether oxygens (including phenoxy) is 2. The number of hydrogen-bond donors (Lipinski definition) is 2. The molecule has 6 rings (SSSR count). The first kappa shape index (κ1) is 21.8. The fourth-order valence-corrected chi connectivity index (χ4v) is 4.66. The molecule has 1 saturated heterocycles. The number of anilines is 2. The second-order valence-corrected chi connectivity index (χ2v) is 8.74. The van der Waals surface area contributed by atoms with Crippen LogP contribution in [0.4, 0.5) is 11.6 Å². The maximum absolute atomic E-state index is 13.1. The maximum Gasteiger partial charge on any atom is 0.278 e. The number of hydrogen-bond acceptors (Lipinski definition) is 8. The summed E-state index contributed by atoms with van der Waals surface area (Å²) in [7, 11) is 0. The van der Waals surface area contributed by atoms with Crippen LogP contribution >= 0.6 is 0 Å². The summed E-state index contributed by atoms with van der Waals surface area (Å²) in [6.45, 7) is 5.47. The topological polar surface area (TPSA) is 108 Å². The number of benzene rings is 1. The van der Waals surface area contributed by atoms with E-state index in [9.17, 15) is 4.79 Å². The first-order valence-corrected chi connectivity index (χ1v) is 12.0. The lowest BCUT2D eigenvalue weighted by Gasteiger charge is -2.18. The SMILES string of the molecule is CCn1c(=O)c2cnc(Nc3ccc4c(c3)CNCC4)nc2n1-c1cccc(OC2CCOC2)n1. The van der Waals surface area contributed by atoms with Crippen LogP contribution in [0.25, 0.3) is 16.9 Å². The van der Waals surface area contributed by atoms with Gasteiger partial charge in [-0.1, -0.05) is 12.1 Å². The van der Waals surface area contributed by atoms with Crippen molar-refractivity contribution in [3.05, 3.63) is 64.1 Å². The molecule has 2 N–H and O–H groups in total. The van der Waals surface area contributed by atoms with Crippen molar-refractivity contribution in [1.29, 1.82) is 0 Å². The number of rotatable bonds is 6. The molecule has 10 nitrogen and oxygen atoms in total. The van der Waals surface area contributed by atoms with Crippen LogP contribution in [0.1, 0.15) is 24.5 Å². The van der Waals surface area contributed by atoms with Crippen LogP contribution < -0.4 is 20.9 Å². The van der Waals surface area contributed by atoms with Gasteiger partial charge in [-0.3, -0.25) is 4.79 Å². The van der Waals surface area contributed by atoms with E-state index in [0.29, 0.717) is 48.4 Å². The maximum atomic E-state index is 13.1. The van der Waals surface area contributed by atoms with E-state index in [4.69, 9.17) is 14.5 Å². The predicted molar refractivity (Wildman–Crippen MR) is 132 cm³/mol. The summed E-state index contributed by atoms with van der Waals surface area (Å²) >= 11 is 0. The molecule has 1 aromatic carbocycles. The normalized spacial score (nSPS) is 17.5. The molecular weight excluding hydrogens is 446 g/mol. The Morgan fingerprint density at radius 3 is 3.03 bits per heavy atom. The quantitative estimate of drug-likeness (QED) is 0.440. The van der Waals surface area contributed by atoms with Gasteiger partial charge in [0.2, 0.25) is 11.8 Å². The summed E-state index contributed by atoms with van der Waals surface area (Å²) in [5.41, 5.74) is 3.86. The molecule has 0 radical (unpaired) electrons. The van der Waals surface area contributed by atoms with E-state index in [0.717, 1.165) is 31.6 Å². The summed E-state index contributed by atoms with van der Waals surface area (Å²) in [6.07, 6.45) is 3.42. The molecule has 3 aromatic heterocycles. The molecule has 2 aliphatic rings. The summed E-state index contributed by atoms with van der Waals surface area (Å²) in [5.74, 6) is 1.46. The van der Waals surface area contributed by atoms with Crippen molar-refractivity contribution in [2.45, 2.75) is 39.0 Å². The molecule has 0 amide bonds. The molecule has 2 aliphatic heterocycles. The molecule has 1 atom stereocenters. The van der Waals surface area contributed by atoms with Crippen LogP contribution in [-0.4, -0.2) is 50.2 Å². The molecule has 180 valence electrons. The van der Waals surface area contributed by atoms with E-state index in [1.165, 1.54) is 11.1 Å². The van der Waals surface area contributed by atoms with Crippen molar-refractivity contribution in [2.24, 2.45) is 0 Å². The van der Waals surface area contributed by atoms with Crippen LogP contribution in [0, 0.1) is 0 Å². The minimum absolute atomic E-state index is 0.0162. The number of fused-ring (bicyclic) bond motifs is 2. The van der Waals surface area contributed by atoms with E-state index >= 15 is 0 Å². The van der Waals surface area contributed by atoms with Gasteiger partial charge in [-0.05, 0) is 49.2 Å². The first-order valence-electron chi connectivity index (χ1n) is 12.0. The molecule has 35 heavy (non-hydrogen) atoms. The van der Waals surface area contributed by atoms with Gasteiger partial charge >= 0.3 is 0 Å². The molecule has 1 unspecified atom stereocenters. The Hall–Kier alpha value is -3.76.